The minimum Gasteiger partial charge on any atom is -0.349 e. The van der Waals surface area contributed by atoms with Gasteiger partial charge in [-0.15, -0.1) is 0 Å². The van der Waals surface area contributed by atoms with Crippen LogP contribution >= 0.6 is 22.6 Å². The normalized spacial score (nSPS) is 9.53. The second kappa shape index (κ2) is 5.90. The molecule has 2 nitrogen and oxygen atoms in total. The number of rotatable bonds is 3. The van der Waals surface area contributed by atoms with E-state index >= 15 is 0 Å². The molecule has 1 aromatic carbocycles. The van der Waals surface area contributed by atoms with Crippen molar-refractivity contribution in [1.29, 1.82) is 0 Å². The number of hydrogen-bond donors (Lipinski definition) is 1. The van der Waals surface area contributed by atoms with Crippen molar-refractivity contribution in [2.24, 2.45) is 0 Å². The molecule has 15 heavy (non-hydrogen) atoms. The fourth-order valence-corrected chi connectivity index (χ4v) is 1.62. The Morgan fingerprint density at radius 2 is 2.20 bits per heavy atom. The number of amides is 1. The molecular formula is C12H14INO. The lowest BCUT2D eigenvalue weighted by atomic mass is 10.2. The maximum atomic E-state index is 11.6. The highest BCUT2D eigenvalue weighted by molar-refractivity contribution is 14.1. The molecule has 0 radical (unpaired) electrons. The smallest absolute Gasteiger partial charge is 0.251 e. The Hall–Kier alpha value is -0.840. The van der Waals surface area contributed by atoms with Crippen LogP contribution in [0.4, 0.5) is 0 Å². The lowest BCUT2D eigenvalue weighted by Crippen LogP contribution is -2.23. The molecule has 0 saturated carbocycles. The van der Waals surface area contributed by atoms with E-state index in [9.17, 15) is 4.79 Å². The quantitative estimate of drug-likeness (QED) is 0.674. The summed E-state index contributed by atoms with van der Waals surface area (Å²) in [4.78, 5) is 11.6. The number of nitrogens with one attached hydrogen (secondary N) is 1. The van der Waals surface area contributed by atoms with Crippen molar-refractivity contribution in [3.63, 3.8) is 0 Å². The minimum absolute atomic E-state index is 0.0222. The lowest BCUT2D eigenvalue weighted by molar-refractivity contribution is 0.0958. The summed E-state index contributed by atoms with van der Waals surface area (Å²) in [5, 5.41) is 2.84. The molecule has 0 heterocycles. The van der Waals surface area contributed by atoms with Gasteiger partial charge in [0.2, 0.25) is 0 Å². The molecule has 0 bridgehead atoms. The van der Waals surface area contributed by atoms with E-state index in [2.05, 4.69) is 27.9 Å². The standard InChI is InChI=1S/C12H14INO/c1-9(2)6-7-14-12(15)10-4-3-5-11(13)8-10/h3-6,8H,7H2,1-2H3,(H,14,15). The Morgan fingerprint density at radius 1 is 1.47 bits per heavy atom. The molecule has 0 atom stereocenters. The zero-order valence-corrected chi connectivity index (χ0v) is 11.0. The largest absolute Gasteiger partial charge is 0.349 e. The van der Waals surface area contributed by atoms with Crippen molar-refractivity contribution in [2.75, 3.05) is 6.54 Å². The molecule has 1 aromatic rings. The van der Waals surface area contributed by atoms with Gasteiger partial charge >= 0.3 is 0 Å². The molecule has 1 rings (SSSR count). The summed E-state index contributed by atoms with van der Waals surface area (Å²) >= 11 is 2.20. The Bertz CT molecular complexity index is 381. The van der Waals surface area contributed by atoms with Gasteiger partial charge in [-0.25, -0.2) is 0 Å². The van der Waals surface area contributed by atoms with E-state index in [0.29, 0.717) is 12.1 Å². The minimum atomic E-state index is -0.0222. The summed E-state index contributed by atoms with van der Waals surface area (Å²) in [6, 6.07) is 7.55. The van der Waals surface area contributed by atoms with Gasteiger partial charge in [0.05, 0.1) is 0 Å². The predicted octanol–water partition coefficient (Wildman–Crippen LogP) is 2.99. The van der Waals surface area contributed by atoms with Crippen LogP contribution in [-0.2, 0) is 0 Å². The van der Waals surface area contributed by atoms with Gasteiger partial charge < -0.3 is 5.32 Å². The summed E-state index contributed by atoms with van der Waals surface area (Å²) in [7, 11) is 0. The summed E-state index contributed by atoms with van der Waals surface area (Å²) in [5.41, 5.74) is 1.92. The highest BCUT2D eigenvalue weighted by Crippen LogP contribution is 2.07. The SMILES string of the molecule is CC(C)=CCNC(=O)c1cccc(I)c1. The molecule has 0 aromatic heterocycles. The number of hydrogen-bond acceptors (Lipinski definition) is 1. The molecule has 3 heteroatoms. The van der Waals surface area contributed by atoms with Crippen molar-refractivity contribution >= 4 is 28.5 Å². The van der Waals surface area contributed by atoms with Crippen LogP contribution in [0.5, 0.6) is 0 Å². The average Bonchev–Trinajstić information content (AvgIpc) is 2.17. The van der Waals surface area contributed by atoms with Gasteiger partial charge in [0, 0.05) is 15.7 Å². The predicted molar refractivity (Wildman–Crippen MR) is 70.9 cm³/mol. The van der Waals surface area contributed by atoms with Gasteiger partial charge in [0.25, 0.3) is 5.91 Å². The Labute approximate surface area is 104 Å². The van der Waals surface area contributed by atoms with Gasteiger partial charge in [-0.1, -0.05) is 17.7 Å². The lowest BCUT2D eigenvalue weighted by Gasteiger charge is -2.02. The first kappa shape index (κ1) is 12.2. The van der Waals surface area contributed by atoms with E-state index in [0.717, 1.165) is 3.57 Å². The zero-order chi connectivity index (χ0) is 11.3. The van der Waals surface area contributed by atoms with Crippen LogP contribution < -0.4 is 5.32 Å². The monoisotopic (exact) mass is 315 g/mol. The molecule has 0 aliphatic heterocycles. The van der Waals surface area contributed by atoms with Crippen LogP contribution in [0, 0.1) is 3.57 Å². The van der Waals surface area contributed by atoms with Gasteiger partial charge in [-0.2, -0.15) is 0 Å². The van der Waals surface area contributed by atoms with E-state index in [4.69, 9.17) is 0 Å². The molecule has 1 N–H and O–H groups in total. The Morgan fingerprint density at radius 3 is 2.80 bits per heavy atom. The van der Waals surface area contributed by atoms with Gasteiger partial charge in [-0.3, -0.25) is 4.79 Å². The summed E-state index contributed by atoms with van der Waals surface area (Å²) in [6.07, 6.45) is 1.99. The second-order valence-corrected chi connectivity index (χ2v) is 4.75. The average molecular weight is 315 g/mol. The topological polar surface area (TPSA) is 29.1 Å². The van der Waals surface area contributed by atoms with E-state index in [-0.39, 0.29) is 5.91 Å². The number of allylic oxidation sites excluding steroid dienone is 1. The number of halogens is 1. The fourth-order valence-electron chi connectivity index (χ4n) is 1.08. The number of carbonyl (C=O) groups is 1. The van der Waals surface area contributed by atoms with E-state index < -0.39 is 0 Å². The van der Waals surface area contributed by atoms with Crippen molar-refractivity contribution < 1.29 is 4.79 Å². The molecule has 80 valence electrons. The molecule has 0 fully saturated rings. The van der Waals surface area contributed by atoms with E-state index in [1.54, 1.807) is 0 Å². The number of carbonyl (C=O) groups excluding carboxylic acids is 1. The van der Waals surface area contributed by atoms with Crippen LogP contribution in [0.25, 0.3) is 0 Å². The first-order valence-electron chi connectivity index (χ1n) is 4.76. The highest BCUT2D eigenvalue weighted by atomic mass is 127. The molecule has 0 aliphatic rings. The van der Waals surface area contributed by atoms with Crippen LogP contribution in [0.1, 0.15) is 24.2 Å². The zero-order valence-electron chi connectivity index (χ0n) is 8.88. The van der Waals surface area contributed by atoms with E-state index in [1.807, 2.05) is 44.2 Å². The van der Waals surface area contributed by atoms with Gasteiger partial charge in [-0.05, 0) is 54.6 Å². The maximum Gasteiger partial charge on any atom is 0.251 e. The third-order valence-electron chi connectivity index (χ3n) is 1.86. The Kier molecular flexibility index (Phi) is 4.81. The number of benzene rings is 1. The molecular weight excluding hydrogens is 301 g/mol. The van der Waals surface area contributed by atoms with Gasteiger partial charge in [0.1, 0.15) is 0 Å². The van der Waals surface area contributed by atoms with Crippen LogP contribution in [-0.4, -0.2) is 12.5 Å². The molecule has 1 amide bonds. The fraction of sp³-hybridized carbons (Fsp3) is 0.250. The van der Waals surface area contributed by atoms with Crippen LogP contribution in [0.15, 0.2) is 35.9 Å². The van der Waals surface area contributed by atoms with Crippen molar-refractivity contribution in [1.82, 2.24) is 5.32 Å². The summed E-state index contributed by atoms with van der Waals surface area (Å²) < 4.78 is 1.07. The molecule has 0 unspecified atom stereocenters. The highest BCUT2D eigenvalue weighted by Gasteiger charge is 2.03. The summed E-state index contributed by atoms with van der Waals surface area (Å²) in [5.74, 6) is -0.0222. The maximum absolute atomic E-state index is 11.6. The third kappa shape index (κ3) is 4.46. The van der Waals surface area contributed by atoms with Gasteiger partial charge in [0.15, 0.2) is 0 Å². The van der Waals surface area contributed by atoms with E-state index in [1.165, 1.54) is 5.57 Å². The summed E-state index contributed by atoms with van der Waals surface area (Å²) in [6.45, 7) is 4.61. The van der Waals surface area contributed by atoms with Crippen LogP contribution in [0.3, 0.4) is 0 Å². The Balaban J connectivity index is 2.58. The molecule has 0 saturated heterocycles. The van der Waals surface area contributed by atoms with Crippen LogP contribution in [0.2, 0.25) is 0 Å². The van der Waals surface area contributed by atoms with Crippen molar-refractivity contribution in [3.05, 3.63) is 45.0 Å². The van der Waals surface area contributed by atoms with Crippen molar-refractivity contribution in [3.8, 4) is 0 Å². The first-order valence-corrected chi connectivity index (χ1v) is 5.84. The van der Waals surface area contributed by atoms with Crippen molar-refractivity contribution in [2.45, 2.75) is 13.8 Å². The first-order chi connectivity index (χ1) is 7.09. The molecule has 0 aliphatic carbocycles. The molecule has 0 spiro atoms. The second-order valence-electron chi connectivity index (χ2n) is 3.50. The third-order valence-corrected chi connectivity index (χ3v) is 2.53.